The van der Waals surface area contributed by atoms with Crippen LogP contribution in [0, 0.1) is 24.0 Å². The fourth-order valence-electron chi connectivity index (χ4n) is 2.36. The van der Waals surface area contributed by atoms with E-state index in [1.54, 1.807) is 18.5 Å². The number of nitrogens with one attached hydrogen (secondary N) is 1. The number of aryl methyl sites for hydroxylation is 2. The van der Waals surface area contributed by atoms with Crippen LogP contribution in [0.25, 0.3) is 0 Å². The standard InChI is InChI=1S/C16H20N4O4/c1-12-15(20(22)23)13(2)19(18-12)10-6-9-17-16(21)24-11-14-7-4-3-5-8-14/h3-5,7-8H,6,9-11H2,1-2H3,(H,17,21). The minimum absolute atomic E-state index is 0.0465. The molecule has 8 heteroatoms. The highest BCUT2D eigenvalue weighted by Crippen LogP contribution is 2.21. The van der Waals surface area contributed by atoms with E-state index in [4.69, 9.17) is 4.74 Å². The second-order valence-corrected chi connectivity index (χ2v) is 5.34. The molecular weight excluding hydrogens is 312 g/mol. The highest BCUT2D eigenvalue weighted by Gasteiger charge is 2.21. The van der Waals surface area contributed by atoms with Gasteiger partial charge in [0.2, 0.25) is 0 Å². The van der Waals surface area contributed by atoms with Gasteiger partial charge in [0, 0.05) is 13.1 Å². The highest BCUT2D eigenvalue weighted by atomic mass is 16.6. The third-order valence-electron chi connectivity index (χ3n) is 3.55. The van der Waals surface area contributed by atoms with E-state index in [0.717, 1.165) is 5.56 Å². The summed E-state index contributed by atoms with van der Waals surface area (Å²) in [5.41, 5.74) is 1.88. The van der Waals surface area contributed by atoms with Crippen molar-refractivity contribution in [2.45, 2.75) is 33.4 Å². The summed E-state index contributed by atoms with van der Waals surface area (Å²) in [7, 11) is 0. The number of carbonyl (C=O) groups excluding carboxylic acids is 1. The summed E-state index contributed by atoms with van der Waals surface area (Å²) in [6.45, 7) is 4.39. The molecule has 1 amide bonds. The molecule has 0 atom stereocenters. The van der Waals surface area contributed by atoms with Crippen molar-refractivity contribution in [2.24, 2.45) is 0 Å². The van der Waals surface area contributed by atoms with Gasteiger partial charge >= 0.3 is 11.8 Å². The summed E-state index contributed by atoms with van der Waals surface area (Å²) in [4.78, 5) is 22.1. The number of carbonyl (C=O) groups is 1. The van der Waals surface area contributed by atoms with Crippen molar-refractivity contribution >= 4 is 11.8 Å². The van der Waals surface area contributed by atoms with Gasteiger partial charge in [-0.15, -0.1) is 0 Å². The average Bonchev–Trinajstić information content (AvgIpc) is 2.84. The van der Waals surface area contributed by atoms with Crippen molar-refractivity contribution in [1.29, 1.82) is 0 Å². The quantitative estimate of drug-likeness (QED) is 0.477. The molecule has 0 aliphatic rings. The van der Waals surface area contributed by atoms with E-state index < -0.39 is 11.0 Å². The maximum Gasteiger partial charge on any atom is 0.407 e. The van der Waals surface area contributed by atoms with Crippen LogP contribution in [0.2, 0.25) is 0 Å². The molecule has 0 saturated heterocycles. The van der Waals surface area contributed by atoms with Crippen molar-refractivity contribution in [1.82, 2.24) is 15.1 Å². The van der Waals surface area contributed by atoms with Gasteiger partial charge in [0.05, 0.1) is 4.92 Å². The van der Waals surface area contributed by atoms with Gasteiger partial charge in [0.25, 0.3) is 0 Å². The number of nitro groups is 1. The lowest BCUT2D eigenvalue weighted by Crippen LogP contribution is -2.26. The van der Waals surface area contributed by atoms with Gasteiger partial charge in [0.1, 0.15) is 18.0 Å². The predicted octanol–water partition coefficient (Wildman–Crippen LogP) is 2.72. The molecule has 1 aromatic heterocycles. The van der Waals surface area contributed by atoms with Crippen LogP contribution in [0.3, 0.4) is 0 Å². The van der Waals surface area contributed by atoms with Crippen LogP contribution in [-0.4, -0.2) is 27.3 Å². The molecule has 8 nitrogen and oxygen atoms in total. The zero-order valence-electron chi connectivity index (χ0n) is 13.7. The maximum atomic E-state index is 11.6. The van der Waals surface area contributed by atoms with Gasteiger partial charge in [-0.3, -0.25) is 14.8 Å². The summed E-state index contributed by atoms with van der Waals surface area (Å²) in [6.07, 6.45) is 0.109. The van der Waals surface area contributed by atoms with Crippen LogP contribution >= 0.6 is 0 Å². The molecule has 0 spiro atoms. The van der Waals surface area contributed by atoms with Crippen LogP contribution < -0.4 is 5.32 Å². The van der Waals surface area contributed by atoms with Crippen LogP contribution in [0.1, 0.15) is 23.4 Å². The van der Waals surface area contributed by atoms with Crippen LogP contribution in [0.15, 0.2) is 30.3 Å². The Morgan fingerprint density at radius 2 is 2.04 bits per heavy atom. The minimum atomic E-state index is -0.488. The van der Waals surface area contributed by atoms with Crippen LogP contribution in [-0.2, 0) is 17.9 Å². The second-order valence-electron chi connectivity index (χ2n) is 5.34. The Hall–Kier alpha value is -2.90. The number of ether oxygens (including phenoxy) is 1. The molecule has 0 saturated carbocycles. The Morgan fingerprint density at radius 1 is 1.33 bits per heavy atom. The summed E-state index contributed by atoms with van der Waals surface area (Å²) in [6, 6.07) is 9.41. The number of hydrogen-bond donors (Lipinski definition) is 1. The smallest absolute Gasteiger partial charge is 0.407 e. The van der Waals surface area contributed by atoms with Gasteiger partial charge in [-0.05, 0) is 25.8 Å². The molecule has 1 aromatic carbocycles. The average molecular weight is 332 g/mol. The van der Waals surface area contributed by atoms with Gasteiger partial charge < -0.3 is 10.1 Å². The van der Waals surface area contributed by atoms with E-state index in [2.05, 4.69) is 10.4 Å². The number of aromatic nitrogens is 2. The predicted molar refractivity (Wildman–Crippen MR) is 87.6 cm³/mol. The minimum Gasteiger partial charge on any atom is -0.445 e. The van der Waals surface area contributed by atoms with Gasteiger partial charge in [-0.1, -0.05) is 30.3 Å². The van der Waals surface area contributed by atoms with Gasteiger partial charge in [-0.25, -0.2) is 4.79 Å². The third-order valence-corrected chi connectivity index (χ3v) is 3.55. The van der Waals surface area contributed by atoms with Crippen molar-refractivity contribution in [3.05, 3.63) is 57.4 Å². The van der Waals surface area contributed by atoms with E-state index in [9.17, 15) is 14.9 Å². The lowest BCUT2D eigenvalue weighted by Gasteiger charge is -2.07. The first kappa shape index (κ1) is 17.5. The van der Waals surface area contributed by atoms with E-state index in [-0.39, 0.29) is 12.3 Å². The Labute approximate surface area is 139 Å². The molecule has 1 heterocycles. The van der Waals surface area contributed by atoms with Crippen LogP contribution in [0.4, 0.5) is 10.5 Å². The first-order valence-electron chi connectivity index (χ1n) is 7.62. The molecule has 2 rings (SSSR count). The molecule has 0 bridgehead atoms. The Bertz CT molecular complexity index is 712. The van der Waals surface area contributed by atoms with Crippen molar-refractivity contribution < 1.29 is 14.5 Å². The molecule has 0 aliphatic heterocycles. The molecule has 128 valence electrons. The lowest BCUT2D eigenvalue weighted by molar-refractivity contribution is -0.386. The topological polar surface area (TPSA) is 99.3 Å². The molecule has 2 aromatic rings. The first-order valence-corrected chi connectivity index (χ1v) is 7.62. The molecule has 24 heavy (non-hydrogen) atoms. The maximum absolute atomic E-state index is 11.6. The fraction of sp³-hybridized carbons (Fsp3) is 0.375. The molecule has 0 aliphatic carbocycles. The van der Waals surface area contributed by atoms with E-state index in [1.165, 1.54) is 0 Å². The van der Waals surface area contributed by atoms with E-state index >= 15 is 0 Å². The molecule has 0 radical (unpaired) electrons. The van der Waals surface area contributed by atoms with E-state index in [1.807, 2.05) is 30.3 Å². The summed E-state index contributed by atoms with van der Waals surface area (Å²) in [5.74, 6) is 0. The zero-order valence-corrected chi connectivity index (χ0v) is 13.7. The monoisotopic (exact) mass is 332 g/mol. The Balaban J connectivity index is 1.72. The summed E-state index contributed by atoms with van der Waals surface area (Å²) in [5, 5.41) is 17.7. The number of nitrogens with zero attached hydrogens (tertiary/aromatic N) is 3. The normalized spacial score (nSPS) is 10.4. The number of hydrogen-bond acceptors (Lipinski definition) is 5. The lowest BCUT2D eigenvalue weighted by atomic mass is 10.2. The number of alkyl carbamates (subject to hydrolysis) is 1. The SMILES string of the molecule is Cc1nn(CCCNC(=O)OCc2ccccc2)c(C)c1[N+](=O)[O-]. The Morgan fingerprint density at radius 3 is 2.67 bits per heavy atom. The van der Waals surface area contributed by atoms with Crippen molar-refractivity contribution in [2.75, 3.05) is 6.54 Å². The Kier molecular flexibility index (Phi) is 5.89. The second kappa shape index (κ2) is 8.09. The van der Waals surface area contributed by atoms with Crippen molar-refractivity contribution in [3.8, 4) is 0 Å². The number of amides is 1. The molecule has 0 fully saturated rings. The summed E-state index contributed by atoms with van der Waals surface area (Å²) >= 11 is 0. The number of rotatable bonds is 7. The van der Waals surface area contributed by atoms with Crippen LogP contribution in [0.5, 0.6) is 0 Å². The highest BCUT2D eigenvalue weighted by molar-refractivity contribution is 5.67. The van der Waals surface area contributed by atoms with Crippen molar-refractivity contribution in [3.63, 3.8) is 0 Å². The number of benzene rings is 1. The largest absolute Gasteiger partial charge is 0.445 e. The first-order chi connectivity index (χ1) is 11.5. The van der Waals surface area contributed by atoms with Gasteiger partial charge in [0.15, 0.2) is 0 Å². The fourth-order valence-corrected chi connectivity index (χ4v) is 2.36. The molecule has 1 N–H and O–H groups in total. The summed E-state index contributed by atoms with van der Waals surface area (Å²) < 4.78 is 6.68. The third kappa shape index (κ3) is 4.55. The van der Waals surface area contributed by atoms with E-state index in [0.29, 0.717) is 30.9 Å². The molecule has 0 unspecified atom stereocenters. The zero-order chi connectivity index (χ0) is 17.5. The molecular formula is C16H20N4O4. The van der Waals surface area contributed by atoms with Gasteiger partial charge in [-0.2, -0.15) is 5.10 Å².